The zero-order chi connectivity index (χ0) is 17.4. The van der Waals surface area contributed by atoms with E-state index in [-0.39, 0.29) is 11.2 Å². The van der Waals surface area contributed by atoms with Crippen molar-refractivity contribution in [2.24, 2.45) is 5.41 Å². The number of imidazole rings is 1. The minimum atomic E-state index is -0.0213. The summed E-state index contributed by atoms with van der Waals surface area (Å²) in [5.41, 5.74) is 3.99. The van der Waals surface area contributed by atoms with Gasteiger partial charge in [0, 0.05) is 24.2 Å². The van der Waals surface area contributed by atoms with Gasteiger partial charge in [-0.3, -0.25) is 4.79 Å². The highest BCUT2D eigenvalue weighted by molar-refractivity contribution is 5.97. The SMILES string of the molecule is CC1(C)CC(=O)c2nc(-c3ccccc3)n(Cc3ccccc3)c2C1. The zero-order valence-electron chi connectivity index (χ0n) is 14.7. The van der Waals surface area contributed by atoms with Crippen molar-refractivity contribution in [3.63, 3.8) is 0 Å². The fourth-order valence-corrected chi connectivity index (χ4v) is 3.67. The molecule has 3 heteroatoms. The van der Waals surface area contributed by atoms with Crippen LogP contribution in [-0.4, -0.2) is 15.3 Å². The highest BCUT2D eigenvalue weighted by Crippen LogP contribution is 2.37. The van der Waals surface area contributed by atoms with E-state index < -0.39 is 0 Å². The molecule has 0 saturated carbocycles. The third-order valence-corrected chi connectivity index (χ3v) is 4.84. The number of carbonyl (C=O) groups is 1. The molecule has 1 aliphatic rings. The van der Waals surface area contributed by atoms with Crippen LogP contribution in [-0.2, 0) is 13.0 Å². The van der Waals surface area contributed by atoms with Crippen molar-refractivity contribution >= 4 is 5.78 Å². The van der Waals surface area contributed by atoms with Gasteiger partial charge in [-0.15, -0.1) is 0 Å². The molecule has 0 atom stereocenters. The molecule has 0 aliphatic heterocycles. The van der Waals surface area contributed by atoms with Gasteiger partial charge < -0.3 is 4.57 Å². The van der Waals surface area contributed by atoms with Crippen molar-refractivity contribution in [2.75, 3.05) is 0 Å². The highest BCUT2D eigenvalue weighted by atomic mass is 16.1. The van der Waals surface area contributed by atoms with Gasteiger partial charge in [-0.25, -0.2) is 4.98 Å². The summed E-state index contributed by atoms with van der Waals surface area (Å²) in [7, 11) is 0. The van der Waals surface area contributed by atoms with Gasteiger partial charge in [-0.2, -0.15) is 0 Å². The molecule has 25 heavy (non-hydrogen) atoms. The second-order valence-electron chi connectivity index (χ2n) is 7.61. The summed E-state index contributed by atoms with van der Waals surface area (Å²) in [6, 6.07) is 20.5. The first-order valence-electron chi connectivity index (χ1n) is 8.75. The lowest BCUT2D eigenvalue weighted by atomic mass is 9.77. The molecule has 0 N–H and O–H groups in total. The lowest BCUT2D eigenvalue weighted by Gasteiger charge is -2.29. The average Bonchev–Trinajstić information content (AvgIpc) is 2.94. The first-order chi connectivity index (χ1) is 12.0. The summed E-state index contributed by atoms with van der Waals surface area (Å²) >= 11 is 0. The van der Waals surface area contributed by atoms with E-state index in [4.69, 9.17) is 4.98 Å². The minimum Gasteiger partial charge on any atom is -0.323 e. The maximum Gasteiger partial charge on any atom is 0.183 e. The van der Waals surface area contributed by atoms with E-state index >= 15 is 0 Å². The van der Waals surface area contributed by atoms with Crippen LogP contribution >= 0.6 is 0 Å². The Balaban J connectivity index is 1.88. The number of benzene rings is 2. The predicted molar refractivity (Wildman–Crippen MR) is 99.6 cm³/mol. The second kappa shape index (κ2) is 5.99. The summed E-state index contributed by atoms with van der Waals surface area (Å²) < 4.78 is 2.23. The quantitative estimate of drug-likeness (QED) is 0.694. The molecule has 0 radical (unpaired) electrons. The average molecular weight is 330 g/mol. The molecule has 0 unspecified atom stereocenters. The lowest BCUT2D eigenvalue weighted by molar-refractivity contribution is 0.0905. The van der Waals surface area contributed by atoms with Gasteiger partial charge >= 0.3 is 0 Å². The molecule has 3 aromatic rings. The van der Waals surface area contributed by atoms with Crippen LogP contribution in [0.15, 0.2) is 60.7 Å². The predicted octanol–water partition coefficient (Wildman–Crippen LogP) is 4.75. The summed E-state index contributed by atoms with van der Waals surface area (Å²) in [6.45, 7) is 5.06. The third kappa shape index (κ3) is 3.02. The van der Waals surface area contributed by atoms with Crippen molar-refractivity contribution < 1.29 is 4.79 Å². The molecule has 0 saturated heterocycles. The van der Waals surface area contributed by atoms with Crippen LogP contribution < -0.4 is 0 Å². The molecule has 0 bridgehead atoms. The Labute approximate surface area is 148 Å². The Bertz CT molecular complexity index is 908. The number of nitrogens with zero attached hydrogens (tertiary/aromatic N) is 2. The summed E-state index contributed by atoms with van der Waals surface area (Å²) in [5, 5.41) is 0. The first kappa shape index (κ1) is 15.8. The van der Waals surface area contributed by atoms with E-state index in [0.29, 0.717) is 12.1 Å². The second-order valence-corrected chi connectivity index (χ2v) is 7.61. The number of carbonyl (C=O) groups excluding carboxylic acids is 1. The van der Waals surface area contributed by atoms with Crippen molar-refractivity contribution in [1.82, 2.24) is 9.55 Å². The number of fused-ring (bicyclic) bond motifs is 1. The van der Waals surface area contributed by atoms with Crippen molar-refractivity contribution in [3.05, 3.63) is 77.6 Å². The maximum atomic E-state index is 12.7. The molecular weight excluding hydrogens is 308 g/mol. The number of aromatic nitrogens is 2. The van der Waals surface area contributed by atoms with E-state index in [1.54, 1.807) is 0 Å². The number of ketones is 1. The standard InChI is InChI=1S/C22H22N2O/c1-22(2)13-18-20(19(25)14-22)23-21(17-11-7-4-8-12-17)24(18)15-16-9-5-3-6-10-16/h3-12H,13-15H2,1-2H3. The summed E-state index contributed by atoms with van der Waals surface area (Å²) in [6.07, 6.45) is 1.44. The monoisotopic (exact) mass is 330 g/mol. The van der Waals surface area contributed by atoms with Crippen LogP contribution in [0.1, 0.15) is 42.0 Å². The molecular formula is C22H22N2O. The minimum absolute atomic E-state index is 0.0213. The van der Waals surface area contributed by atoms with Gasteiger partial charge in [0.1, 0.15) is 11.5 Å². The van der Waals surface area contributed by atoms with Crippen molar-refractivity contribution in [1.29, 1.82) is 0 Å². The highest BCUT2D eigenvalue weighted by Gasteiger charge is 2.35. The molecule has 4 rings (SSSR count). The fourth-order valence-electron chi connectivity index (χ4n) is 3.67. The van der Waals surface area contributed by atoms with Gasteiger partial charge in [0.25, 0.3) is 0 Å². The van der Waals surface area contributed by atoms with E-state index in [9.17, 15) is 4.79 Å². The van der Waals surface area contributed by atoms with E-state index in [2.05, 4.69) is 54.8 Å². The summed E-state index contributed by atoms with van der Waals surface area (Å²) in [4.78, 5) is 17.5. The Morgan fingerprint density at radius 1 is 0.960 bits per heavy atom. The van der Waals surface area contributed by atoms with Gasteiger partial charge in [-0.05, 0) is 17.4 Å². The van der Waals surface area contributed by atoms with Crippen LogP contribution in [0.4, 0.5) is 0 Å². The molecule has 1 heterocycles. The third-order valence-electron chi connectivity index (χ3n) is 4.84. The van der Waals surface area contributed by atoms with Gasteiger partial charge in [0.2, 0.25) is 0 Å². The Morgan fingerprint density at radius 3 is 2.28 bits per heavy atom. The number of hydrogen-bond donors (Lipinski definition) is 0. The van der Waals surface area contributed by atoms with Crippen LogP contribution in [0.25, 0.3) is 11.4 Å². The molecule has 0 spiro atoms. The lowest BCUT2D eigenvalue weighted by Crippen LogP contribution is -2.28. The van der Waals surface area contributed by atoms with Gasteiger partial charge in [0.15, 0.2) is 5.78 Å². The van der Waals surface area contributed by atoms with E-state index in [0.717, 1.165) is 30.0 Å². The van der Waals surface area contributed by atoms with Crippen molar-refractivity contribution in [2.45, 2.75) is 33.2 Å². The number of hydrogen-bond acceptors (Lipinski definition) is 2. The molecule has 0 fully saturated rings. The molecule has 1 aliphatic carbocycles. The molecule has 126 valence electrons. The zero-order valence-corrected chi connectivity index (χ0v) is 14.7. The Kier molecular flexibility index (Phi) is 3.79. The van der Waals surface area contributed by atoms with Crippen LogP contribution in [0.3, 0.4) is 0 Å². The molecule has 1 aromatic heterocycles. The van der Waals surface area contributed by atoms with Gasteiger partial charge in [-0.1, -0.05) is 74.5 Å². The number of rotatable bonds is 3. The largest absolute Gasteiger partial charge is 0.323 e. The molecule has 2 aromatic carbocycles. The smallest absolute Gasteiger partial charge is 0.183 e. The topological polar surface area (TPSA) is 34.9 Å². The van der Waals surface area contributed by atoms with E-state index in [1.807, 2.05) is 24.3 Å². The molecule has 0 amide bonds. The van der Waals surface area contributed by atoms with Crippen LogP contribution in [0.5, 0.6) is 0 Å². The van der Waals surface area contributed by atoms with Crippen LogP contribution in [0, 0.1) is 5.41 Å². The maximum absolute atomic E-state index is 12.7. The first-order valence-corrected chi connectivity index (χ1v) is 8.75. The Morgan fingerprint density at radius 2 is 1.60 bits per heavy atom. The molecule has 3 nitrogen and oxygen atoms in total. The normalized spacial score (nSPS) is 15.8. The summed E-state index contributed by atoms with van der Waals surface area (Å²) in [5.74, 6) is 1.05. The number of Topliss-reactive ketones (excluding diaryl/α,β-unsaturated/α-hetero) is 1. The fraction of sp³-hybridized carbons (Fsp3) is 0.273. The van der Waals surface area contributed by atoms with Gasteiger partial charge in [0.05, 0.1) is 0 Å². The Hall–Kier alpha value is -2.68. The van der Waals surface area contributed by atoms with E-state index in [1.165, 1.54) is 5.56 Å². The van der Waals surface area contributed by atoms with Crippen LogP contribution in [0.2, 0.25) is 0 Å². The van der Waals surface area contributed by atoms with Crippen molar-refractivity contribution in [3.8, 4) is 11.4 Å².